The molecule has 0 spiro atoms. The Kier molecular flexibility index (Phi) is 7.12. The smallest absolute Gasteiger partial charge is 0.307 e. The van der Waals surface area contributed by atoms with Gasteiger partial charge in [-0.1, -0.05) is 45.9 Å². The van der Waals surface area contributed by atoms with Crippen molar-refractivity contribution in [2.75, 3.05) is 25.5 Å². The van der Waals surface area contributed by atoms with Gasteiger partial charge in [0.25, 0.3) is 0 Å². The van der Waals surface area contributed by atoms with Gasteiger partial charge < -0.3 is 10.2 Å². The molecule has 1 fully saturated rings. The van der Waals surface area contributed by atoms with Crippen LogP contribution in [0, 0.1) is 0 Å². The van der Waals surface area contributed by atoms with Crippen LogP contribution in [0.25, 0.3) is 0 Å². The predicted molar refractivity (Wildman–Crippen MR) is 114 cm³/mol. The van der Waals surface area contributed by atoms with Gasteiger partial charge in [0.1, 0.15) is 0 Å². The Bertz CT molecular complexity index is 769. The summed E-state index contributed by atoms with van der Waals surface area (Å²) >= 11 is 0. The van der Waals surface area contributed by atoms with Gasteiger partial charge in [-0.3, -0.25) is 0 Å². The number of carbonyl (C=O) groups is 1. The van der Waals surface area contributed by atoms with Crippen molar-refractivity contribution in [2.24, 2.45) is 0 Å². The van der Waals surface area contributed by atoms with Crippen LogP contribution < -0.4 is 10.0 Å². The summed E-state index contributed by atoms with van der Waals surface area (Å²) in [7, 11) is -1.98. The number of carbonyl (C=O) groups excluding carboxylic acids is 1. The number of para-hydroxylation sites is 1. The van der Waals surface area contributed by atoms with Gasteiger partial charge in [-0.2, -0.15) is 12.7 Å². The molecular formula is C20H34N4O3S. The highest BCUT2D eigenvalue weighted by atomic mass is 32.2. The quantitative estimate of drug-likeness (QED) is 0.780. The van der Waals surface area contributed by atoms with Gasteiger partial charge in [0.05, 0.1) is 0 Å². The maximum absolute atomic E-state index is 12.9. The van der Waals surface area contributed by atoms with Crippen molar-refractivity contribution in [3.8, 4) is 0 Å². The fourth-order valence-corrected chi connectivity index (χ4v) is 5.52. The van der Waals surface area contributed by atoms with E-state index in [1.54, 1.807) is 0 Å². The highest BCUT2D eigenvalue weighted by Gasteiger charge is 2.37. The lowest BCUT2D eigenvalue weighted by Gasteiger charge is -2.41. The molecule has 2 atom stereocenters. The van der Waals surface area contributed by atoms with Gasteiger partial charge in [-0.25, -0.2) is 9.52 Å². The van der Waals surface area contributed by atoms with Crippen LogP contribution in [0.2, 0.25) is 0 Å². The van der Waals surface area contributed by atoms with E-state index >= 15 is 0 Å². The topological polar surface area (TPSA) is 81.8 Å². The normalized spacial score (nSPS) is 21.9. The molecule has 1 aliphatic rings. The van der Waals surface area contributed by atoms with E-state index < -0.39 is 16.2 Å². The number of anilines is 1. The summed E-state index contributed by atoms with van der Waals surface area (Å²) in [6.45, 7) is 13.2. The van der Waals surface area contributed by atoms with Crippen LogP contribution in [0.5, 0.6) is 0 Å². The molecule has 2 amide bonds. The Hall–Kier alpha value is -1.64. The first-order valence-electron chi connectivity index (χ1n) is 9.87. The molecule has 2 rings (SSSR count). The molecule has 8 heteroatoms. The molecule has 0 saturated carbocycles. The second kappa shape index (κ2) is 8.80. The molecule has 1 saturated heterocycles. The fraction of sp³-hybridized carbons (Fsp3) is 0.650. The van der Waals surface area contributed by atoms with Gasteiger partial charge in [-0.05, 0) is 43.9 Å². The van der Waals surface area contributed by atoms with Gasteiger partial charge in [0.15, 0.2) is 0 Å². The summed E-state index contributed by atoms with van der Waals surface area (Å²) in [4.78, 5) is 14.8. The van der Waals surface area contributed by atoms with Crippen molar-refractivity contribution in [1.29, 1.82) is 0 Å². The highest BCUT2D eigenvalue weighted by Crippen LogP contribution is 2.32. The zero-order valence-corrected chi connectivity index (χ0v) is 18.8. The van der Waals surface area contributed by atoms with E-state index in [4.69, 9.17) is 0 Å². The molecule has 0 aliphatic carbocycles. The minimum Gasteiger partial charge on any atom is -0.307 e. The summed E-state index contributed by atoms with van der Waals surface area (Å²) < 4.78 is 29.4. The Morgan fingerprint density at radius 2 is 1.50 bits per heavy atom. The minimum absolute atomic E-state index is 0.197. The Balaban J connectivity index is 2.25. The minimum atomic E-state index is -3.95. The Morgan fingerprint density at radius 1 is 1.04 bits per heavy atom. The molecule has 7 nitrogen and oxygen atoms in total. The van der Waals surface area contributed by atoms with Gasteiger partial charge >= 0.3 is 16.2 Å². The number of piperazine rings is 1. The predicted octanol–water partition coefficient (Wildman–Crippen LogP) is 3.32. The summed E-state index contributed by atoms with van der Waals surface area (Å²) in [6, 6.07) is 4.74. The largest absolute Gasteiger partial charge is 0.333 e. The van der Waals surface area contributed by atoms with E-state index in [-0.39, 0.29) is 23.9 Å². The standard InChI is InChI=1S/C20H34N4O3S/c1-13(2)17-9-8-10-18(14(3)4)19(17)21-20(25)22-28(26,27)24-15(5)11-23(7)12-16(24)6/h8-10,13-16H,11-12H2,1-7H3,(H2,21,22,25). The van der Waals surface area contributed by atoms with Crippen LogP contribution in [-0.4, -0.2) is 55.9 Å². The molecule has 158 valence electrons. The molecule has 2 unspecified atom stereocenters. The molecule has 0 aromatic heterocycles. The third-order valence-corrected chi connectivity index (χ3v) is 6.85. The van der Waals surface area contributed by atoms with Gasteiger partial charge in [0.2, 0.25) is 0 Å². The summed E-state index contributed by atoms with van der Waals surface area (Å²) in [6.07, 6.45) is 0. The molecule has 1 aliphatic heterocycles. The summed E-state index contributed by atoms with van der Waals surface area (Å²) in [5, 5.41) is 2.81. The molecule has 1 aromatic carbocycles. The maximum Gasteiger partial charge on any atom is 0.333 e. The molecule has 0 radical (unpaired) electrons. The number of nitrogens with one attached hydrogen (secondary N) is 2. The SMILES string of the molecule is CC(C)c1cccc(C(C)C)c1NC(=O)NS(=O)(=O)N1C(C)CN(C)CC1C. The average Bonchev–Trinajstić information content (AvgIpc) is 2.52. The van der Waals surface area contributed by atoms with E-state index in [1.807, 2.05) is 66.8 Å². The van der Waals surface area contributed by atoms with E-state index in [0.717, 1.165) is 11.1 Å². The molecular weight excluding hydrogens is 376 g/mol. The molecule has 0 bridgehead atoms. The van der Waals surface area contributed by atoms with Gasteiger partial charge in [-0.15, -0.1) is 0 Å². The van der Waals surface area contributed by atoms with Crippen LogP contribution in [0.15, 0.2) is 18.2 Å². The molecule has 1 aromatic rings. The van der Waals surface area contributed by atoms with Crippen LogP contribution >= 0.6 is 0 Å². The number of likely N-dealkylation sites (N-methyl/N-ethyl adjacent to an activating group) is 1. The lowest BCUT2D eigenvalue weighted by Crippen LogP contribution is -2.60. The average molecular weight is 411 g/mol. The van der Waals surface area contributed by atoms with E-state index in [9.17, 15) is 13.2 Å². The van der Waals surface area contributed by atoms with Crippen molar-refractivity contribution in [3.63, 3.8) is 0 Å². The lowest BCUT2D eigenvalue weighted by atomic mass is 9.93. The zero-order chi connectivity index (χ0) is 21.2. The van der Waals surface area contributed by atoms with Crippen molar-refractivity contribution in [2.45, 2.75) is 65.5 Å². The molecule has 1 heterocycles. The third kappa shape index (κ3) is 5.04. The second-order valence-electron chi connectivity index (χ2n) is 8.43. The van der Waals surface area contributed by atoms with Crippen LogP contribution in [-0.2, 0) is 10.2 Å². The second-order valence-corrected chi connectivity index (χ2v) is 10.0. The van der Waals surface area contributed by atoms with Crippen LogP contribution in [0.4, 0.5) is 10.5 Å². The summed E-state index contributed by atoms with van der Waals surface area (Å²) in [5.74, 6) is 0.395. The lowest BCUT2D eigenvalue weighted by molar-refractivity contribution is 0.122. The van der Waals surface area contributed by atoms with E-state index in [1.165, 1.54) is 4.31 Å². The maximum atomic E-state index is 12.9. The monoisotopic (exact) mass is 410 g/mol. The van der Waals surface area contributed by atoms with Crippen molar-refractivity contribution in [3.05, 3.63) is 29.3 Å². The van der Waals surface area contributed by atoms with Gasteiger partial charge in [0, 0.05) is 30.9 Å². The van der Waals surface area contributed by atoms with Crippen molar-refractivity contribution < 1.29 is 13.2 Å². The van der Waals surface area contributed by atoms with Crippen molar-refractivity contribution >= 4 is 21.9 Å². The van der Waals surface area contributed by atoms with Crippen LogP contribution in [0.1, 0.15) is 64.5 Å². The number of hydrogen-bond acceptors (Lipinski definition) is 4. The highest BCUT2D eigenvalue weighted by molar-refractivity contribution is 7.87. The van der Waals surface area contributed by atoms with Crippen LogP contribution in [0.3, 0.4) is 0 Å². The molecule has 2 N–H and O–H groups in total. The number of rotatable bonds is 5. The number of amides is 2. The Labute approximate surface area is 169 Å². The van der Waals surface area contributed by atoms with E-state index in [0.29, 0.717) is 18.8 Å². The van der Waals surface area contributed by atoms with Crippen molar-refractivity contribution in [1.82, 2.24) is 13.9 Å². The number of urea groups is 1. The first kappa shape index (κ1) is 22.6. The third-order valence-electron chi connectivity index (χ3n) is 5.13. The van der Waals surface area contributed by atoms with E-state index in [2.05, 4.69) is 14.9 Å². The zero-order valence-electron chi connectivity index (χ0n) is 18.0. The first-order chi connectivity index (χ1) is 12.9. The Morgan fingerprint density at radius 3 is 1.93 bits per heavy atom. The first-order valence-corrected chi connectivity index (χ1v) is 11.3. The number of nitrogens with zero attached hydrogens (tertiary/aromatic N) is 2. The number of benzene rings is 1. The fourth-order valence-electron chi connectivity index (χ4n) is 4.05. The molecule has 28 heavy (non-hydrogen) atoms. The summed E-state index contributed by atoms with van der Waals surface area (Å²) in [5.41, 5.74) is 2.67. The number of hydrogen-bond donors (Lipinski definition) is 2.